The first-order chi connectivity index (χ1) is 7.62. The second-order valence-electron chi connectivity index (χ2n) is 6.17. The molecule has 1 N–H and O–H groups in total. The molecule has 3 heteroatoms. The summed E-state index contributed by atoms with van der Waals surface area (Å²) in [5, 5.41) is 10.7. The smallest absolute Gasteiger partial charge is 0.0816 e. The van der Waals surface area contributed by atoms with Gasteiger partial charge in [0.05, 0.1) is 11.2 Å². The van der Waals surface area contributed by atoms with E-state index in [0.29, 0.717) is 5.92 Å². The van der Waals surface area contributed by atoms with E-state index < -0.39 is 5.60 Å². The maximum Gasteiger partial charge on any atom is 0.0816 e. The van der Waals surface area contributed by atoms with Crippen LogP contribution in [-0.4, -0.2) is 48.0 Å². The maximum atomic E-state index is 10.7. The number of rotatable bonds is 1. The normalized spacial score (nSPS) is 43.5. The summed E-state index contributed by atoms with van der Waals surface area (Å²) in [6, 6.07) is 0. The van der Waals surface area contributed by atoms with Crippen LogP contribution < -0.4 is 0 Å². The molecule has 3 rings (SSSR count). The van der Waals surface area contributed by atoms with Crippen molar-refractivity contribution in [2.24, 2.45) is 5.92 Å². The molecule has 2 saturated heterocycles. The summed E-state index contributed by atoms with van der Waals surface area (Å²) in [5.74, 6) is 0.464. The Kier molecular flexibility index (Phi) is 2.54. The number of likely N-dealkylation sites (N-methyl/N-ethyl adjacent to an activating group) is 1. The topological polar surface area (TPSA) is 32.7 Å². The number of hydrogen-bond donors (Lipinski definition) is 1. The zero-order chi connectivity index (χ0) is 11.2. The fraction of sp³-hybridized carbons (Fsp3) is 1.00. The van der Waals surface area contributed by atoms with Crippen LogP contribution in [0.3, 0.4) is 0 Å². The molecule has 2 unspecified atom stereocenters. The minimum atomic E-state index is -0.429. The van der Waals surface area contributed by atoms with Crippen molar-refractivity contribution in [3.05, 3.63) is 0 Å². The van der Waals surface area contributed by atoms with Crippen LogP contribution in [0, 0.1) is 5.92 Å². The molecular weight excluding hydrogens is 202 g/mol. The average molecular weight is 225 g/mol. The molecule has 1 saturated carbocycles. The van der Waals surface area contributed by atoms with Crippen LogP contribution >= 0.6 is 0 Å². The predicted octanol–water partition coefficient (Wildman–Crippen LogP) is 1.40. The highest BCUT2D eigenvalue weighted by Gasteiger charge is 2.50. The predicted molar refractivity (Wildman–Crippen MR) is 62.3 cm³/mol. The van der Waals surface area contributed by atoms with Crippen molar-refractivity contribution in [1.82, 2.24) is 4.90 Å². The number of aliphatic hydroxyl groups is 1. The third-order valence-corrected chi connectivity index (χ3v) is 4.99. The van der Waals surface area contributed by atoms with Crippen molar-refractivity contribution in [2.75, 3.05) is 26.7 Å². The summed E-state index contributed by atoms with van der Waals surface area (Å²) in [4.78, 5) is 2.25. The number of hydrogen-bond acceptors (Lipinski definition) is 3. The largest absolute Gasteiger partial charge is 0.388 e. The van der Waals surface area contributed by atoms with Crippen molar-refractivity contribution < 1.29 is 9.84 Å². The molecule has 16 heavy (non-hydrogen) atoms. The summed E-state index contributed by atoms with van der Waals surface area (Å²) >= 11 is 0. The van der Waals surface area contributed by atoms with Gasteiger partial charge < -0.3 is 14.7 Å². The molecule has 0 bridgehead atoms. The van der Waals surface area contributed by atoms with Gasteiger partial charge in [0.1, 0.15) is 0 Å². The molecule has 2 heterocycles. The SMILES string of the molecule is CN1CCC(O)(C2CCOC3(CCC3)C2)C1. The summed E-state index contributed by atoms with van der Waals surface area (Å²) in [5.41, 5.74) is -0.263. The van der Waals surface area contributed by atoms with Crippen LogP contribution in [0.4, 0.5) is 0 Å². The Labute approximate surface area is 97.8 Å². The fourth-order valence-corrected chi connectivity index (χ4v) is 3.75. The van der Waals surface area contributed by atoms with Gasteiger partial charge in [-0.15, -0.1) is 0 Å². The molecule has 1 spiro atoms. The first-order valence-electron chi connectivity index (χ1n) is 6.67. The van der Waals surface area contributed by atoms with Gasteiger partial charge in [0.15, 0.2) is 0 Å². The number of β-amino-alcohol motifs (C(OH)–C–C–N with tert-alkyl or cyclic N) is 1. The molecule has 0 aromatic carbocycles. The summed E-state index contributed by atoms with van der Waals surface area (Å²) in [6.07, 6.45) is 6.84. The third kappa shape index (κ3) is 1.69. The summed E-state index contributed by atoms with van der Waals surface area (Å²) < 4.78 is 5.94. The lowest BCUT2D eigenvalue weighted by molar-refractivity contribution is -0.172. The van der Waals surface area contributed by atoms with Gasteiger partial charge in [-0.05, 0) is 51.5 Å². The molecule has 2 aliphatic heterocycles. The van der Waals surface area contributed by atoms with E-state index in [2.05, 4.69) is 11.9 Å². The minimum absolute atomic E-state index is 0.166. The summed E-state index contributed by atoms with van der Waals surface area (Å²) in [6.45, 7) is 2.76. The molecule has 3 fully saturated rings. The van der Waals surface area contributed by atoms with Crippen LogP contribution in [0.25, 0.3) is 0 Å². The van der Waals surface area contributed by atoms with Gasteiger partial charge in [-0.25, -0.2) is 0 Å². The van der Waals surface area contributed by atoms with Crippen LogP contribution in [0.5, 0.6) is 0 Å². The van der Waals surface area contributed by atoms with E-state index >= 15 is 0 Å². The first-order valence-corrected chi connectivity index (χ1v) is 6.67. The highest BCUT2D eigenvalue weighted by molar-refractivity contribution is 5.02. The van der Waals surface area contributed by atoms with E-state index in [-0.39, 0.29) is 5.60 Å². The molecule has 0 aromatic rings. The molecule has 3 nitrogen and oxygen atoms in total. The molecule has 0 radical (unpaired) electrons. The zero-order valence-corrected chi connectivity index (χ0v) is 10.2. The Morgan fingerprint density at radius 2 is 2.12 bits per heavy atom. The molecule has 92 valence electrons. The van der Waals surface area contributed by atoms with Crippen molar-refractivity contribution in [3.63, 3.8) is 0 Å². The highest BCUT2D eigenvalue weighted by atomic mass is 16.5. The van der Waals surface area contributed by atoms with Gasteiger partial charge in [0.25, 0.3) is 0 Å². The van der Waals surface area contributed by atoms with Crippen molar-refractivity contribution in [1.29, 1.82) is 0 Å². The van der Waals surface area contributed by atoms with Crippen molar-refractivity contribution >= 4 is 0 Å². The summed E-state index contributed by atoms with van der Waals surface area (Å²) in [7, 11) is 2.11. The van der Waals surface area contributed by atoms with E-state index in [1.165, 1.54) is 19.3 Å². The van der Waals surface area contributed by atoms with Crippen LogP contribution in [0.1, 0.15) is 38.5 Å². The van der Waals surface area contributed by atoms with E-state index in [1.807, 2.05) is 0 Å². The zero-order valence-electron chi connectivity index (χ0n) is 10.2. The minimum Gasteiger partial charge on any atom is -0.388 e. The monoisotopic (exact) mass is 225 g/mol. The van der Waals surface area contributed by atoms with Crippen LogP contribution in [0.15, 0.2) is 0 Å². The van der Waals surface area contributed by atoms with E-state index in [4.69, 9.17) is 4.74 Å². The van der Waals surface area contributed by atoms with E-state index in [1.54, 1.807) is 0 Å². The molecule has 1 aliphatic carbocycles. The lowest BCUT2D eigenvalue weighted by Gasteiger charge is -2.50. The third-order valence-electron chi connectivity index (χ3n) is 4.99. The number of nitrogens with zero attached hydrogens (tertiary/aromatic N) is 1. The molecule has 3 aliphatic rings. The van der Waals surface area contributed by atoms with Gasteiger partial charge in [0.2, 0.25) is 0 Å². The van der Waals surface area contributed by atoms with Crippen molar-refractivity contribution in [3.8, 4) is 0 Å². The van der Waals surface area contributed by atoms with Gasteiger partial charge in [-0.3, -0.25) is 0 Å². The Balaban J connectivity index is 1.70. The van der Waals surface area contributed by atoms with E-state index in [9.17, 15) is 5.11 Å². The van der Waals surface area contributed by atoms with Gasteiger partial charge in [0, 0.05) is 19.7 Å². The number of likely N-dealkylation sites (tertiary alicyclic amines) is 1. The molecular formula is C13H23NO2. The number of ether oxygens (including phenoxy) is 1. The first kappa shape index (κ1) is 11.0. The molecule has 0 aromatic heterocycles. The van der Waals surface area contributed by atoms with Crippen LogP contribution in [0.2, 0.25) is 0 Å². The Morgan fingerprint density at radius 3 is 2.69 bits per heavy atom. The maximum absolute atomic E-state index is 10.7. The lowest BCUT2D eigenvalue weighted by Crippen LogP contribution is -2.52. The quantitative estimate of drug-likeness (QED) is 0.732. The van der Waals surface area contributed by atoms with Gasteiger partial charge in [-0.2, -0.15) is 0 Å². The van der Waals surface area contributed by atoms with Gasteiger partial charge in [-0.1, -0.05) is 0 Å². The van der Waals surface area contributed by atoms with Gasteiger partial charge >= 0.3 is 0 Å². The average Bonchev–Trinajstić information content (AvgIpc) is 2.58. The molecule has 2 atom stereocenters. The Hall–Kier alpha value is -0.120. The van der Waals surface area contributed by atoms with Crippen molar-refractivity contribution in [2.45, 2.75) is 49.7 Å². The van der Waals surface area contributed by atoms with Crippen LogP contribution in [-0.2, 0) is 4.74 Å². The fourth-order valence-electron chi connectivity index (χ4n) is 3.75. The lowest BCUT2D eigenvalue weighted by atomic mass is 9.67. The Morgan fingerprint density at radius 1 is 1.31 bits per heavy atom. The standard InChI is InChI=1S/C13H23NO2/c1-14-7-6-13(15,10-14)11-3-8-16-12(9-11)4-2-5-12/h11,15H,2-10H2,1H3. The second kappa shape index (κ2) is 3.69. The van der Waals surface area contributed by atoms with E-state index in [0.717, 1.165) is 39.0 Å². The second-order valence-corrected chi connectivity index (χ2v) is 6.17. The Bertz CT molecular complexity index is 277. The molecule has 0 amide bonds. The highest BCUT2D eigenvalue weighted by Crippen LogP contribution is 2.48.